The van der Waals surface area contributed by atoms with Crippen LogP contribution in [0.25, 0.3) is 11.3 Å². The van der Waals surface area contributed by atoms with Crippen molar-refractivity contribution in [2.45, 2.75) is 0 Å². The molecule has 0 aliphatic carbocycles. The molecule has 17 heavy (non-hydrogen) atoms. The van der Waals surface area contributed by atoms with Crippen molar-refractivity contribution in [3.8, 4) is 23.6 Å². The summed E-state index contributed by atoms with van der Waals surface area (Å²) < 4.78 is 0. The molecule has 0 bridgehead atoms. The van der Waals surface area contributed by atoms with Gasteiger partial charge in [-0.05, 0) is 18.2 Å². The second kappa shape index (κ2) is 4.67. The molecule has 0 aromatic carbocycles. The number of nitrogens with zero attached hydrogens (tertiary/aromatic N) is 3. The monoisotopic (exact) mass is 223 g/mol. The number of aromatic nitrogens is 2. The number of rotatable bonds is 2. The molecule has 0 atom stereocenters. The molecule has 2 aromatic heterocycles. The van der Waals surface area contributed by atoms with Gasteiger partial charge in [0.1, 0.15) is 0 Å². The highest BCUT2D eigenvalue weighted by atomic mass is 15.1. The van der Waals surface area contributed by atoms with Crippen LogP contribution in [0.15, 0.2) is 36.8 Å². The third kappa shape index (κ3) is 2.11. The molecule has 2 rings (SSSR count). The fourth-order valence-corrected chi connectivity index (χ4v) is 1.74. The average molecular weight is 223 g/mol. The summed E-state index contributed by atoms with van der Waals surface area (Å²) in [6.07, 6.45) is 10.8. The van der Waals surface area contributed by atoms with Crippen molar-refractivity contribution in [2.75, 3.05) is 19.0 Å². The molecule has 2 aromatic rings. The maximum atomic E-state index is 5.52. The van der Waals surface area contributed by atoms with Crippen molar-refractivity contribution in [1.82, 2.24) is 9.97 Å². The van der Waals surface area contributed by atoms with Crippen molar-refractivity contribution in [3.05, 3.63) is 42.4 Å². The van der Waals surface area contributed by atoms with Gasteiger partial charge in [0.15, 0.2) is 0 Å². The van der Waals surface area contributed by atoms with Crippen LogP contribution in [0.4, 0.5) is 5.69 Å². The smallest absolute Gasteiger partial charge is 0.0949 e. The van der Waals surface area contributed by atoms with Gasteiger partial charge in [-0.2, -0.15) is 0 Å². The molecule has 2 heterocycles. The van der Waals surface area contributed by atoms with E-state index >= 15 is 0 Å². The van der Waals surface area contributed by atoms with E-state index in [0.717, 1.165) is 22.5 Å². The largest absolute Gasteiger partial charge is 0.375 e. The van der Waals surface area contributed by atoms with Crippen LogP contribution in [0.3, 0.4) is 0 Å². The lowest BCUT2D eigenvalue weighted by molar-refractivity contribution is 1.11. The summed E-state index contributed by atoms with van der Waals surface area (Å²) in [5, 5.41) is 0. The van der Waals surface area contributed by atoms with Gasteiger partial charge in [0.05, 0.1) is 16.9 Å². The molecule has 3 nitrogen and oxygen atoms in total. The van der Waals surface area contributed by atoms with E-state index in [1.807, 2.05) is 37.2 Å². The van der Waals surface area contributed by atoms with Gasteiger partial charge in [-0.15, -0.1) is 6.42 Å². The molecule has 0 radical (unpaired) electrons. The number of hydrogen-bond acceptors (Lipinski definition) is 3. The highest BCUT2D eigenvalue weighted by Crippen LogP contribution is 2.29. The van der Waals surface area contributed by atoms with E-state index in [0.29, 0.717) is 0 Å². The second-order valence-electron chi connectivity index (χ2n) is 3.83. The van der Waals surface area contributed by atoms with Crippen LogP contribution in [0.5, 0.6) is 0 Å². The fourth-order valence-electron chi connectivity index (χ4n) is 1.74. The van der Waals surface area contributed by atoms with E-state index in [2.05, 4.69) is 15.9 Å². The Morgan fingerprint density at radius 1 is 1.12 bits per heavy atom. The highest BCUT2D eigenvalue weighted by Gasteiger charge is 2.11. The SMILES string of the molecule is C#Cc1ccnc(-c2ccncc2)c1N(C)C. The number of pyridine rings is 2. The van der Waals surface area contributed by atoms with E-state index < -0.39 is 0 Å². The van der Waals surface area contributed by atoms with E-state index in [9.17, 15) is 0 Å². The normalized spacial score (nSPS) is 9.71. The van der Waals surface area contributed by atoms with E-state index in [-0.39, 0.29) is 0 Å². The van der Waals surface area contributed by atoms with Crippen LogP contribution in [-0.2, 0) is 0 Å². The minimum Gasteiger partial charge on any atom is -0.375 e. The molecule has 0 spiro atoms. The Bertz CT molecular complexity index is 553. The van der Waals surface area contributed by atoms with Crippen LogP contribution in [0.1, 0.15) is 5.56 Å². The Kier molecular flexibility index (Phi) is 3.06. The highest BCUT2D eigenvalue weighted by molar-refractivity contribution is 5.79. The molecule has 0 unspecified atom stereocenters. The zero-order valence-corrected chi connectivity index (χ0v) is 9.88. The van der Waals surface area contributed by atoms with E-state index in [4.69, 9.17) is 6.42 Å². The molecule has 0 saturated carbocycles. The lowest BCUT2D eigenvalue weighted by atomic mass is 10.1. The Balaban J connectivity index is 2.67. The van der Waals surface area contributed by atoms with Crippen molar-refractivity contribution in [3.63, 3.8) is 0 Å². The summed E-state index contributed by atoms with van der Waals surface area (Å²) in [5.41, 5.74) is 3.70. The fraction of sp³-hybridized carbons (Fsp3) is 0.143. The molecular weight excluding hydrogens is 210 g/mol. The van der Waals surface area contributed by atoms with Crippen molar-refractivity contribution in [1.29, 1.82) is 0 Å². The lowest BCUT2D eigenvalue weighted by Gasteiger charge is -2.18. The van der Waals surface area contributed by atoms with Crippen LogP contribution in [0.2, 0.25) is 0 Å². The maximum Gasteiger partial charge on any atom is 0.0949 e. The van der Waals surface area contributed by atoms with Gasteiger partial charge < -0.3 is 4.90 Å². The van der Waals surface area contributed by atoms with Crippen LogP contribution >= 0.6 is 0 Å². The Morgan fingerprint density at radius 3 is 2.41 bits per heavy atom. The van der Waals surface area contributed by atoms with Gasteiger partial charge in [0.2, 0.25) is 0 Å². The first-order chi connectivity index (χ1) is 8.24. The lowest BCUT2D eigenvalue weighted by Crippen LogP contribution is -2.12. The zero-order valence-electron chi connectivity index (χ0n) is 9.88. The van der Waals surface area contributed by atoms with Crippen molar-refractivity contribution in [2.24, 2.45) is 0 Å². The Morgan fingerprint density at radius 2 is 1.82 bits per heavy atom. The van der Waals surface area contributed by atoms with Crippen molar-refractivity contribution < 1.29 is 0 Å². The second-order valence-corrected chi connectivity index (χ2v) is 3.83. The first kappa shape index (κ1) is 11.2. The summed E-state index contributed by atoms with van der Waals surface area (Å²) in [7, 11) is 3.92. The first-order valence-electron chi connectivity index (χ1n) is 5.27. The molecule has 0 fully saturated rings. The number of terminal acetylenes is 1. The van der Waals surface area contributed by atoms with Gasteiger partial charge in [-0.1, -0.05) is 5.92 Å². The zero-order chi connectivity index (χ0) is 12.3. The van der Waals surface area contributed by atoms with E-state index in [1.165, 1.54) is 0 Å². The Hall–Kier alpha value is -2.34. The van der Waals surface area contributed by atoms with Crippen LogP contribution in [-0.4, -0.2) is 24.1 Å². The quantitative estimate of drug-likeness (QED) is 0.731. The maximum absolute atomic E-state index is 5.52. The van der Waals surface area contributed by atoms with Gasteiger partial charge in [0, 0.05) is 38.2 Å². The van der Waals surface area contributed by atoms with Gasteiger partial charge in [-0.3, -0.25) is 9.97 Å². The van der Waals surface area contributed by atoms with Crippen molar-refractivity contribution >= 4 is 5.69 Å². The molecule has 0 N–H and O–H groups in total. The average Bonchev–Trinajstić information content (AvgIpc) is 2.38. The molecule has 0 amide bonds. The number of hydrogen-bond donors (Lipinski definition) is 0. The van der Waals surface area contributed by atoms with E-state index in [1.54, 1.807) is 18.6 Å². The molecular formula is C14H13N3. The molecule has 3 heteroatoms. The van der Waals surface area contributed by atoms with Gasteiger partial charge in [0.25, 0.3) is 0 Å². The Labute approximate surface area is 101 Å². The summed E-state index contributed by atoms with van der Waals surface area (Å²) in [6, 6.07) is 5.70. The third-order valence-corrected chi connectivity index (χ3v) is 2.48. The minimum atomic E-state index is 0.844. The van der Waals surface area contributed by atoms with Gasteiger partial charge in [-0.25, -0.2) is 0 Å². The summed E-state index contributed by atoms with van der Waals surface area (Å²) >= 11 is 0. The van der Waals surface area contributed by atoms with Crippen LogP contribution in [0, 0.1) is 12.3 Å². The predicted octanol–water partition coefficient (Wildman–Crippen LogP) is 2.19. The molecule has 0 saturated heterocycles. The molecule has 0 aliphatic rings. The summed E-state index contributed by atoms with van der Waals surface area (Å²) in [5.74, 6) is 2.69. The first-order valence-corrected chi connectivity index (χ1v) is 5.27. The standard InChI is InChI=1S/C14H13N3/c1-4-11-7-10-16-13(14(11)17(2)3)12-5-8-15-9-6-12/h1,5-10H,2-3H3. The topological polar surface area (TPSA) is 29.0 Å². The van der Waals surface area contributed by atoms with Gasteiger partial charge >= 0.3 is 0 Å². The predicted molar refractivity (Wildman–Crippen MR) is 69.7 cm³/mol. The molecule has 84 valence electrons. The number of anilines is 1. The minimum absolute atomic E-state index is 0.844. The summed E-state index contributed by atoms with van der Waals surface area (Å²) in [4.78, 5) is 10.4. The summed E-state index contributed by atoms with van der Waals surface area (Å²) in [6.45, 7) is 0. The molecule has 0 aliphatic heterocycles. The third-order valence-electron chi connectivity index (χ3n) is 2.48. The van der Waals surface area contributed by atoms with Crippen LogP contribution < -0.4 is 4.90 Å².